The summed E-state index contributed by atoms with van der Waals surface area (Å²) in [5.41, 5.74) is 0.980. The zero-order valence-electron chi connectivity index (χ0n) is 10.8. The van der Waals surface area contributed by atoms with Crippen LogP contribution in [-0.2, 0) is 4.79 Å². The van der Waals surface area contributed by atoms with Crippen molar-refractivity contribution in [3.8, 4) is 0 Å². The van der Waals surface area contributed by atoms with Gasteiger partial charge in [0.15, 0.2) is 0 Å². The van der Waals surface area contributed by atoms with E-state index in [0.717, 1.165) is 18.2 Å². The first-order valence-electron chi connectivity index (χ1n) is 6.37. The Hall–Kier alpha value is -1.06. The van der Waals surface area contributed by atoms with Crippen LogP contribution < -0.4 is 10.2 Å². The van der Waals surface area contributed by atoms with Crippen molar-refractivity contribution in [1.82, 2.24) is 5.32 Å². The van der Waals surface area contributed by atoms with Crippen LogP contribution in [0.4, 0.5) is 5.69 Å². The van der Waals surface area contributed by atoms with E-state index in [1.54, 1.807) is 0 Å². The van der Waals surface area contributed by atoms with Crippen molar-refractivity contribution < 1.29 is 4.79 Å². The molecule has 1 aliphatic rings. The lowest BCUT2D eigenvalue weighted by Gasteiger charge is -2.21. The summed E-state index contributed by atoms with van der Waals surface area (Å²) in [6.45, 7) is 4.15. The van der Waals surface area contributed by atoms with Crippen LogP contribution in [0.25, 0.3) is 0 Å². The highest BCUT2D eigenvalue weighted by Gasteiger charge is 2.21. The number of rotatable bonds is 6. The molecule has 3 nitrogen and oxygen atoms in total. The lowest BCUT2D eigenvalue weighted by atomic mass is 10.3. The first-order valence-corrected chi connectivity index (χ1v) is 6.37. The summed E-state index contributed by atoms with van der Waals surface area (Å²) < 4.78 is 0. The van der Waals surface area contributed by atoms with Gasteiger partial charge in [-0.25, -0.2) is 0 Å². The van der Waals surface area contributed by atoms with Gasteiger partial charge < -0.3 is 10.2 Å². The van der Waals surface area contributed by atoms with E-state index in [1.165, 1.54) is 12.8 Å². The standard InChI is InChI=1S/C14H20N2O.ClH/c1-2-16(13-6-4-3-5-7-13)14(17)11-15-10-12-8-9-12;/h3-7,12,15H,2,8-11H2,1H3;1H. The lowest BCUT2D eigenvalue weighted by Crippen LogP contribution is -2.38. The minimum atomic E-state index is 0. The summed E-state index contributed by atoms with van der Waals surface area (Å²) in [5, 5.41) is 3.24. The van der Waals surface area contributed by atoms with Gasteiger partial charge in [0.2, 0.25) is 5.91 Å². The number of likely N-dealkylation sites (N-methyl/N-ethyl adjacent to an activating group) is 1. The van der Waals surface area contributed by atoms with E-state index in [0.29, 0.717) is 13.1 Å². The Morgan fingerprint density at radius 1 is 1.33 bits per heavy atom. The SMILES string of the molecule is CCN(C(=O)CNCC1CC1)c1ccccc1.Cl. The molecule has 1 fully saturated rings. The van der Waals surface area contributed by atoms with Crippen LogP contribution in [0, 0.1) is 5.92 Å². The summed E-state index contributed by atoms with van der Waals surface area (Å²) in [7, 11) is 0. The molecule has 0 saturated heterocycles. The number of hydrogen-bond donors (Lipinski definition) is 1. The average molecular weight is 269 g/mol. The molecule has 100 valence electrons. The number of para-hydroxylation sites is 1. The second-order valence-corrected chi connectivity index (χ2v) is 4.55. The Morgan fingerprint density at radius 3 is 2.56 bits per heavy atom. The molecule has 0 spiro atoms. The smallest absolute Gasteiger partial charge is 0.240 e. The third kappa shape index (κ3) is 4.31. The second kappa shape index (κ2) is 7.39. The van der Waals surface area contributed by atoms with Gasteiger partial charge in [-0.05, 0) is 44.4 Å². The van der Waals surface area contributed by atoms with Crippen LogP contribution in [0.3, 0.4) is 0 Å². The van der Waals surface area contributed by atoms with Gasteiger partial charge in [-0.2, -0.15) is 0 Å². The van der Waals surface area contributed by atoms with Crippen molar-refractivity contribution in [2.45, 2.75) is 19.8 Å². The van der Waals surface area contributed by atoms with Crippen molar-refractivity contribution >= 4 is 24.0 Å². The fraction of sp³-hybridized carbons (Fsp3) is 0.500. The third-order valence-electron chi connectivity index (χ3n) is 3.09. The van der Waals surface area contributed by atoms with Crippen molar-refractivity contribution in [3.05, 3.63) is 30.3 Å². The molecule has 1 aromatic rings. The highest BCUT2D eigenvalue weighted by molar-refractivity contribution is 5.94. The summed E-state index contributed by atoms with van der Waals surface area (Å²) >= 11 is 0. The number of halogens is 1. The van der Waals surface area contributed by atoms with Gasteiger partial charge in [-0.15, -0.1) is 12.4 Å². The van der Waals surface area contributed by atoms with Crippen LogP contribution >= 0.6 is 12.4 Å². The molecule has 18 heavy (non-hydrogen) atoms. The maximum atomic E-state index is 12.0. The highest BCUT2D eigenvalue weighted by atomic mass is 35.5. The number of nitrogens with zero attached hydrogens (tertiary/aromatic N) is 1. The number of carbonyl (C=O) groups excluding carboxylic acids is 1. The van der Waals surface area contributed by atoms with Gasteiger partial charge in [-0.3, -0.25) is 4.79 Å². The molecular formula is C14H21ClN2O. The highest BCUT2D eigenvalue weighted by Crippen LogP contribution is 2.27. The molecule has 1 saturated carbocycles. The van der Waals surface area contributed by atoms with E-state index in [-0.39, 0.29) is 18.3 Å². The minimum Gasteiger partial charge on any atom is -0.312 e. The summed E-state index contributed by atoms with van der Waals surface area (Å²) in [6, 6.07) is 9.84. The van der Waals surface area contributed by atoms with Gasteiger partial charge >= 0.3 is 0 Å². The first-order chi connectivity index (χ1) is 8.31. The summed E-state index contributed by atoms with van der Waals surface area (Å²) in [5.74, 6) is 0.967. The number of amides is 1. The molecule has 0 aliphatic heterocycles. The lowest BCUT2D eigenvalue weighted by molar-refractivity contribution is -0.117. The molecule has 0 heterocycles. The molecule has 1 aromatic carbocycles. The average Bonchev–Trinajstić information content (AvgIpc) is 3.15. The van der Waals surface area contributed by atoms with E-state index < -0.39 is 0 Å². The molecule has 2 rings (SSSR count). The number of benzene rings is 1. The Labute approximate surface area is 115 Å². The molecule has 0 bridgehead atoms. The van der Waals surface area contributed by atoms with Crippen LogP contribution in [0.1, 0.15) is 19.8 Å². The van der Waals surface area contributed by atoms with Crippen molar-refractivity contribution in [1.29, 1.82) is 0 Å². The Morgan fingerprint density at radius 2 is 2.00 bits per heavy atom. The Kier molecular flexibility index (Phi) is 6.16. The third-order valence-corrected chi connectivity index (χ3v) is 3.09. The van der Waals surface area contributed by atoms with E-state index in [9.17, 15) is 4.79 Å². The van der Waals surface area contributed by atoms with E-state index in [4.69, 9.17) is 0 Å². The Bertz CT molecular complexity index is 365. The van der Waals surface area contributed by atoms with Crippen molar-refractivity contribution in [3.63, 3.8) is 0 Å². The second-order valence-electron chi connectivity index (χ2n) is 4.55. The normalized spacial score (nSPS) is 13.8. The molecule has 1 amide bonds. The maximum Gasteiger partial charge on any atom is 0.240 e. The van der Waals surface area contributed by atoms with Crippen LogP contribution in [0.5, 0.6) is 0 Å². The fourth-order valence-electron chi connectivity index (χ4n) is 1.91. The fourth-order valence-corrected chi connectivity index (χ4v) is 1.91. The molecule has 0 aromatic heterocycles. The molecule has 0 atom stereocenters. The van der Waals surface area contributed by atoms with Gasteiger partial charge in [0.05, 0.1) is 6.54 Å². The van der Waals surface area contributed by atoms with Crippen molar-refractivity contribution in [2.24, 2.45) is 5.92 Å². The monoisotopic (exact) mass is 268 g/mol. The quantitative estimate of drug-likeness (QED) is 0.860. The van der Waals surface area contributed by atoms with E-state index in [1.807, 2.05) is 42.2 Å². The maximum absolute atomic E-state index is 12.0. The number of carbonyl (C=O) groups is 1. The molecule has 4 heteroatoms. The topological polar surface area (TPSA) is 32.3 Å². The van der Waals surface area contributed by atoms with Crippen LogP contribution in [-0.4, -0.2) is 25.5 Å². The van der Waals surface area contributed by atoms with Crippen LogP contribution in [0.2, 0.25) is 0 Å². The van der Waals surface area contributed by atoms with Crippen molar-refractivity contribution in [2.75, 3.05) is 24.5 Å². The zero-order chi connectivity index (χ0) is 12.1. The van der Waals surface area contributed by atoms with Crippen LogP contribution in [0.15, 0.2) is 30.3 Å². The van der Waals surface area contributed by atoms with Gasteiger partial charge in [-0.1, -0.05) is 18.2 Å². The molecule has 1 N–H and O–H groups in total. The molecule has 1 aliphatic carbocycles. The predicted molar refractivity (Wildman–Crippen MR) is 77.3 cm³/mol. The largest absolute Gasteiger partial charge is 0.312 e. The van der Waals surface area contributed by atoms with Gasteiger partial charge in [0, 0.05) is 12.2 Å². The zero-order valence-corrected chi connectivity index (χ0v) is 11.6. The number of hydrogen-bond acceptors (Lipinski definition) is 2. The summed E-state index contributed by atoms with van der Waals surface area (Å²) in [4.78, 5) is 13.9. The molecule has 0 unspecified atom stereocenters. The Balaban J connectivity index is 0.00000162. The van der Waals surface area contributed by atoms with Gasteiger partial charge in [0.25, 0.3) is 0 Å². The van der Waals surface area contributed by atoms with Gasteiger partial charge in [0.1, 0.15) is 0 Å². The van der Waals surface area contributed by atoms with E-state index >= 15 is 0 Å². The summed E-state index contributed by atoms with van der Waals surface area (Å²) in [6.07, 6.45) is 2.63. The number of anilines is 1. The molecule has 0 radical (unpaired) electrons. The van der Waals surface area contributed by atoms with E-state index in [2.05, 4.69) is 5.32 Å². The minimum absolute atomic E-state index is 0. The number of nitrogens with one attached hydrogen (secondary N) is 1. The molecular weight excluding hydrogens is 248 g/mol. The predicted octanol–water partition coefficient (Wildman–Crippen LogP) is 2.46. The first kappa shape index (κ1) is 15.0.